The Morgan fingerprint density at radius 2 is 2.00 bits per heavy atom. The van der Waals surface area contributed by atoms with E-state index in [0.717, 1.165) is 5.92 Å². The monoisotopic (exact) mass is 197 g/mol. The van der Waals surface area contributed by atoms with E-state index in [0.29, 0.717) is 0 Å². The molecule has 0 amide bonds. The molecule has 2 aliphatic heterocycles. The summed E-state index contributed by atoms with van der Waals surface area (Å²) in [4.78, 5) is 5.06. The van der Waals surface area contributed by atoms with Crippen LogP contribution in [0.3, 0.4) is 0 Å². The van der Waals surface area contributed by atoms with Crippen LogP contribution in [0.25, 0.3) is 0 Å². The third-order valence-electron chi connectivity index (χ3n) is 3.51. The van der Waals surface area contributed by atoms with Gasteiger partial charge in [-0.1, -0.05) is 0 Å². The maximum atomic E-state index is 3.50. The first-order valence-electron chi connectivity index (χ1n) is 5.96. The van der Waals surface area contributed by atoms with E-state index in [1.165, 1.54) is 58.7 Å². The average molecular weight is 197 g/mol. The van der Waals surface area contributed by atoms with Gasteiger partial charge >= 0.3 is 0 Å². The van der Waals surface area contributed by atoms with E-state index in [1.54, 1.807) is 0 Å². The molecule has 2 aliphatic rings. The van der Waals surface area contributed by atoms with Crippen molar-refractivity contribution in [2.75, 3.05) is 52.9 Å². The summed E-state index contributed by atoms with van der Waals surface area (Å²) in [5, 5.41) is 3.50. The summed E-state index contributed by atoms with van der Waals surface area (Å²) >= 11 is 0. The van der Waals surface area contributed by atoms with Gasteiger partial charge in [0.05, 0.1) is 0 Å². The van der Waals surface area contributed by atoms with Crippen LogP contribution in [0.5, 0.6) is 0 Å². The van der Waals surface area contributed by atoms with Gasteiger partial charge in [-0.2, -0.15) is 0 Å². The molecule has 3 nitrogen and oxygen atoms in total. The van der Waals surface area contributed by atoms with Crippen molar-refractivity contribution in [3.63, 3.8) is 0 Å². The van der Waals surface area contributed by atoms with Crippen LogP contribution in [0.4, 0.5) is 0 Å². The van der Waals surface area contributed by atoms with Gasteiger partial charge in [-0.3, -0.25) is 0 Å². The van der Waals surface area contributed by atoms with E-state index in [9.17, 15) is 0 Å². The maximum Gasteiger partial charge on any atom is 0.0110 e. The van der Waals surface area contributed by atoms with Crippen LogP contribution in [0.1, 0.15) is 12.8 Å². The Kier molecular flexibility index (Phi) is 3.79. The zero-order chi connectivity index (χ0) is 9.80. The number of piperidine rings is 1. The summed E-state index contributed by atoms with van der Waals surface area (Å²) < 4.78 is 0. The van der Waals surface area contributed by atoms with E-state index in [-0.39, 0.29) is 0 Å². The molecule has 2 fully saturated rings. The topological polar surface area (TPSA) is 18.5 Å². The molecule has 3 heteroatoms. The zero-order valence-electron chi connectivity index (χ0n) is 9.34. The number of rotatable bonds is 2. The van der Waals surface area contributed by atoms with Crippen molar-refractivity contribution < 1.29 is 0 Å². The van der Waals surface area contributed by atoms with Gasteiger partial charge < -0.3 is 15.1 Å². The van der Waals surface area contributed by atoms with Gasteiger partial charge in [0.2, 0.25) is 0 Å². The molecule has 0 spiro atoms. The number of hydrogen-bond acceptors (Lipinski definition) is 3. The summed E-state index contributed by atoms with van der Waals surface area (Å²) in [5.41, 5.74) is 0. The summed E-state index contributed by atoms with van der Waals surface area (Å²) in [6.07, 6.45) is 2.80. The van der Waals surface area contributed by atoms with Crippen LogP contribution in [0.2, 0.25) is 0 Å². The van der Waals surface area contributed by atoms with E-state index in [4.69, 9.17) is 0 Å². The SMILES string of the molecule is CN1CCN(C[C@@H]2CCCNC2)CC1. The number of piperazine rings is 1. The summed E-state index contributed by atoms with van der Waals surface area (Å²) in [6.45, 7) is 8.84. The van der Waals surface area contributed by atoms with Crippen LogP contribution in [0.15, 0.2) is 0 Å². The molecule has 2 saturated heterocycles. The molecule has 1 atom stereocenters. The second-order valence-corrected chi connectivity index (χ2v) is 4.82. The molecule has 1 N–H and O–H groups in total. The lowest BCUT2D eigenvalue weighted by Gasteiger charge is -2.35. The highest BCUT2D eigenvalue weighted by Crippen LogP contribution is 2.12. The first-order valence-corrected chi connectivity index (χ1v) is 5.96. The number of nitrogens with zero attached hydrogens (tertiary/aromatic N) is 2. The molecule has 0 aliphatic carbocycles. The Hall–Kier alpha value is -0.120. The normalized spacial score (nSPS) is 31.9. The Labute approximate surface area is 87.4 Å². The van der Waals surface area contributed by atoms with E-state index in [2.05, 4.69) is 22.2 Å². The Balaban J connectivity index is 1.68. The predicted molar refractivity (Wildman–Crippen MR) is 59.5 cm³/mol. The number of likely N-dealkylation sites (N-methyl/N-ethyl adjacent to an activating group) is 1. The van der Waals surface area contributed by atoms with Crippen LogP contribution in [-0.4, -0.2) is 62.7 Å². The lowest BCUT2D eigenvalue weighted by atomic mass is 9.99. The minimum atomic E-state index is 0.909. The lowest BCUT2D eigenvalue weighted by molar-refractivity contribution is 0.129. The Morgan fingerprint density at radius 1 is 1.21 bits per heavy atom. The van der Waals surface area contributed by atoms with Crippen LogP contribution in [-0.2, 0) is 0 Å². The van der Waals surface area contributed by atoms with Crippen molar-refractivity contribution >= 4 is 0 Å². The van der Waals surface area contributed by atoms with Gasteiger partial charge in [0, 0.05) is 32.7 Å². The molecule has 0 aromatic rings. The molecule has 0 aromatic carbocycles. The average Bonchev–Trinajstić information content (AvgIpc) is 2.23. The van der Waals surface area contributed by atoms with Crippen LogP contribution < -0.4 is 5.32 Å². The van der Waals surface area contributed by atoms with E-state index < -0.39 is 0 Å². The highest BCUT2D eigenvalue weighted by Gasteiger charge is 2.19. The quantitative estimate of drug-likeness (QED) is 0.684. The van der Waals surface area contributed by atoms with Crippen molar-refractivity contribution in [2.24, 2.45) is 5.92 Å². The molecule has 0 radical (unpaired) electrons. The van der Waals surface area contributed by atoms with E-state index in [1.807, 2.05) is 0 Å². The first kappa shape index (κ1) is 10.4. The number of nitrogens with one attached hydrogen (secondary N) is 1. The van der Waals surface area contributed by atoms with E-state index >= 15 is 0 Å². The van der Waals surface area contributed by atoms with Gasteiger partial charge in [0.1, 0.15) is 0 Å². The van der Waals surface area contributed by atoms with Gasteiger partial charge in [0.15, 0.2) is 0 Å². The molecular formula is C11H23N3. The third kappa shape index (κ3) is 2.94. The summed E-state index contributed by atoms with van der Waals surface area (Å²) in [5.74, 6) is 0.909. The van der Waals surface area contributed by atoms with Gasteiger partial charge in [-0.25, -0.2) is 0 Å². The first-order chi connectivity index (χ1) is 6.84. The Bertz CT molecular complexity index is 158. The van der Waals surface area contributed by atoms with Crippen molar-refractivity contribution in [1.82, 2.24) is 15.1 Å². The fraction of sp³-hybridized carbons (Fsp3) is 1.00. The largest absolute Gasteiger partial charge is 0.316 e. The molecule has 0 bridgehead atoms. The second kappa shape index (κ2) is 5.10. The molecule has 2 heterocycles. The van der Waals surface area contributed by atoms with Crippen molar-refractivity contribution in [1.29, 1.82) is 0 Å². The summed E-state index contributed by atoms with van der Waals surface area (Å²) in [6, 6.07) is 0. The van der Waals surface area contributed by atoms with Crippen molar-refractivity contribution in [3.05, 3.63) is 0 Å². The highest BCUT2D eigenvalue weighted by molar-refractivity contribution is 4.76. The maximum absolute atomic E-state index is 3.50. The standard InChI is InChI=1S/C11H23N3/c1-13-5-7-14(8-6-13)10-11-3-2-4-12-9-11/h11-12H,2-10H2,1H3/t11-/m1/s1. The lowest BCUT2D eigenvalue weighted by Crippen LogP contribution is -2.47. The molecule has 0 unspecified atom stereocenters. The predicted octanol–water partition coefficient (Wildman–Crippen LogP) is 0.233. The van der Waals surface area contributed by atoms with Crippen LogP contribution in [0, 0.1) is 5.92 Å². The Morgan fingerprint density at radius 3 is 2.64 bits per heavy atom. The summed E-state index contributed by atoms with van der Waals surface area (Å²) in [7, 11) is 2.22. The highest BCUT2D eigenvalue weighted by atomic mass is 15.2. The van der Waals surface area contributed by atoms with Crippen molar-refractivity contribution in [2.45, 2.75) is 12.8 Å². The third-order valence-corrected chi connectivity index (χ3v) is 3.51. The van der Waals surface area contributed by atoms with Gasteiger partial charge in [0.25, 0.3) is 0 Å². The fourth-order valence-corrected chi connectivity index (χ4v) is 2.48. The van der Waals surface area contributed by atoms with Gasteiger partial charge in [-0.15, -0.1) is 0 Å². The molecule has 0 aromatic heterocycles. The fourth-order valence-electron chi connectivity index (χ4n) is 2.48. The minimum Gasteiger partial charge on any atom is -0.316 e. The van der Waals surface area contributed by atoms with Crippen molar-refractivity contribution in [3.8, 4) is 0 Å². The molecule has 82 valence electrons. The van der Waals surface area contributed by atoms with Gasteiger partial charge in [-0.05, 0) is 38.9 Å². The minimum absolute atomic E-state index is 0.909. The molecular weight excluding hydrogens is 174 g/mol. The smallest absolute Gasteiger partial charge is 0.0110 e. The second-order valence-electron chi connectivity index (χ2n) is 4.82. The van der Waals surface area contributed by atoms with Crippen LogP contribution >= 0.6 is 0 Å². The molecule has 0 saturated carbocycles. The molecule has 2 rings (SSSR count). The zero-order valence-corrected chi connectivity index (χ0v) is 9.34. The molecule has 14 heavy (non-hydrogen) atoms. The number of hydrogen-bond donors (Lipinski definition) is 1.